The van der Waals surface area contributed by atoms with Crippen LogP contribution >= 0.6 is 46.1 Å². The third kappa shape index (κ3) is 2.43. The molecule has 122 valence electrons. The quantitative estimate of drug-likeness (QED) is 0.631. The molecule has 0 unspecified atom stereocenters. The number of fused-ring (bicyclic) bond motifs is 3. The summed E-state index contributed by atoms with van der Waals surface area (Å²) in [5.41, 5.74) is 2.98. The predicted molar refractivity (Wildman–Crippen MR) is 96.3 cm³/mol. The molecule has 8 heteroatoms. The summed E-state index contributed by atoms with van der Waals surface area (Å²) < 4.78 is 2.25. The molecule has 0 aliphatic heterocycles. The second-order valence-corrected chi connectivity index (χ2v) is 7.99. The number of aryl methyl sites for hydroxylation is 1. The van der Waals surface area contributed by atoms with Gasteiger partial charge in [0.2, 0.25) is 0 Å². The van der Waals surface area contributed by atoms with Crippen LogP contribution in [0.3, 0.4) is 0 Å². The number of halogens is 3. The smallest absolute Gasteiger partial charge is 0.356 e. The average Bonchev–Trinajstić information content (AvgIpc) is 3.06. The van der Waals surface area contributed by atoms with Crippen molar-refractivity contribution in [2.45, 2.75) is 12.8 Å². The molecular weight excluding hydrogens is 391 g/mol. The van der Waals surface area contributed by atoms with Crippen LogP contribution in [0.2, 0.25) is 14.4 Å². The Morgan fingerprint density at radius 1 is 1.21 bits per heavy atom. The maximum Gasteiger partial charge on any atom is 0.356 e. The molecule has 0 saturated carbocycles. The van der Waals surface area contributed by atoms with E-state index in [2.05, 4.69) is 5.10 Å². The van der Waals surface area contributed by atoms with Gasteiger partial charge in [-0.2, -0.15) is 5.10 Å². The Morgan fingerprint density at radius 2 is 2.00 bits per heavy atom. The molecule has 2 heterocycles. The molecule has 1 N–H and O–H groups in total. The first-order valence-corrected chi connectivity index (χ1v) is 9.00. The van der Waals surface area contributed by atoms with Gasteiger partial charge in [0, 0.05) is 21.0 Å². The Hall–Kier alpha value is -1.53. The Morgan fingerprint density at radius 3 is 2.71 bits per heavy atom. The van der Waals surface area contributed by atoms with Gasteiger partial charge in [-0.3, -0.25) is 0 Å². The van der Waals surface area contributed by atoms with Crippen LogP contribution in [0.1, 0.15) is 20.9 Å². The van der Waals surface area contributed by atoms with E-state index >= 15 is 0 Å². The zero-order valence-electron chi connectivity index (χ0n) is 12.0. The van der Waals surface area contributed by atoms with Crippen molar-refractivity contribution < 1.29 is 9.90 Å². The maximum atomic E-state index is 11.6. The van der Waals surface area contributed by atoms with Gasteiger partial charge in [-0.15, -0.1) is 11.3 Å². The van der Waals surface area contributed by atoms with Gasteiger partial charge < -0.3 is 5.11 Å². The summed E-state index contributed by atoms with van der Waals surface area (Å²) in [6.07, 6.45) is 1.35. The van der Waals surface area contributed by atoms with E-state index in [0.29, 0.717) is 32.1 Å². The van der Waals surface area contributed by atoms with Crippen molar-refractivity contribution in [3.63, 3.8) is 0 Å². The normalized spacial score (nSPS) is 12.8. The predicted octanol–water partition coefficient (Wildman–Crippen LogP) is 5.36. The first kappa shape index (κ1) is 16.0. The van der Waals surface area contributed by atoms with Crippen LogP contribution in [-0.4, -0.2) is 20.9 Å². The molecule has 0 spiro atoms. The van der Waals surface area contributed by atoms with E-state index in [1.807, 2.05) is 6.07 Å². The number of carboxylic acid groups (broad SMARTS) is 1. The third-order valence-electron chi connectivity index (χ3n) is 3.96. The minimum Gasteiger partial charge on any atom is -0.476 e. The van der Waals surface area contributed by atoms with Crippen molar-refractivity contribution in [2.24, 2.45) is 0 Å². The fourth-order valence-electron chi connectivity index (χ4n) is 2.98. The first-order valence-electron chi connectivity index (χ1n) is 7.05. The highest BCUT2D eigenvalue weighted by atomic mass is 35.5. The summed E-state index contributed by atoms with van der Waals surface area (Å²) in [5, 5.41) is 14.7. The number of carbonyl (C=O) groups is 1. The maximum absolute atomic E-state index is 11.6. The van der Waals surface area contributed by atoms with Crippen LogP contribution < -0.4 is 0 Å². The molecule has 1 aliphatic carbocycles. The average molecular weight is 400 g/mol. The summed E-state index contributed by atoms with van der Waals surface area (Å²) >= 11 is 19.9. The molecule has 0 saturated heterocycles. The summed E-state index contributed by atoms with van der Waals surface area (Å²) in [5.74, 6) is -1.06. The Bertz CT molecular complexity index is 994. The number of aromatic carboxylic acids is 1. The lowest BCUT2D eigenvalue weighted by atomic mass is 9.94. The highest BCUT2D eigenvalue weighted by molar-refractivity contribution is 7.16. The molecule has 0 radical (unpaired) electrons. The van der Waals surface area contributed by atoms with Gasteiger partial charge in [0.1, 0.15) is 0 Å². The molecule has 4 nitrogen and oxygen atoms in total. The van der Waals surface area contributed by atoms with Crippen LogP contribution in [0.15, 0.2) is 24.3 Å². The highest BCUT2D eigenvalue weighted by Crippen LogP contribution is 2.43. The third-order valence-corrected chi connectivity index (χ3v) is 5.82. The summed E-state index contributed by atoms with van der Waals surface area (Å²) in [7, 11) is 0. The lowest BCUT2D eigenvalue weighted by Crippen LogP contribution is -2.06. The molecule has 2 aromatic heterocycles. The second-order valence-electron chi connectivity index (χ2n) is 5.38. The summed E-state index contributed by atoms with van der Waals surface area (Å²) in [4.78, 5) is 12.7. The van der Waals surface area contributed by atoms with E-state index in [9.17, 15) is 9.90 Å². The molecule has 4 rings (SSSR count). The Kier molecular flexibility index (Phi) is 3.84. The summed E-state index contributed by atoms with van der Waals surface area (Å²) in [6.45, 7) is 0. The van der Waals surface area contributed by atoms with E-state index in [4.69, 9.17) is 34.8 Å². The lowest BCUT2D eigenvalue weighted by molar-refractivity contribution is 0.0689. The zero-order valence-corrected chi connectivity index (χ0v) is 15.1. The molecule has 0 atom stereocenters. The van der Waals surface area contributed by atoms with Crippen LogP contribution in [0.4, 0.5) is 0 Å². The summed E-state index contributed by atoms with van der Waals surface area (Å²) in [6, 6.07) is 6.89. The minimum absolute atomic E-state index is 0.0454. The molecular formula is C16H9Cl3N2O2S. The minimum atomic E-state index is -1.06. The number of rotatable bonds is 2. The van der Waals surface area contributed by atoms with Crippen molar-refractivity contribution >= 4 is 52.1 Å². The second kappa shape index (κ2) is 5.77. The monoisotopic (exact) mass is 398 g/mol. The Balaban J connectivity index is 2.04. The lowest BCUT2D eigenvalue weighted by Gasteiger charge is -2.15. The fourth-order valence-corrected chi connectivity index (χ4v) is 4.74. The number of thiophene rings is 1. The zero-order chi connectivity index (χ0) is 17.0. The van der Waals surface area contributed by atoms with Gasteiger partial charge >= 0.3 is 5.97 Å². The first-order chi connectivity index (χ1) is 11.5. The standard InChI is InChI=1S/C16H9Cl3N2O2S/c17-7-1-3-11(10(18)5-7)21-15-8(14(20-21)16(22)23)2-4-12-9(15)6-13(19)24-12/h1,3,5-6H,2,4H2,(H,22,23). The van der Waals surface area contributed by atoms with Crippen molar-refractivity contribution in [1.29, 1.82) is 0 Å². The van der Waals surface area contributed by atoms with Crippen LogP contribution in [0.5, 0.6) is 0 Å². The molecule has 0 bridgehead atoms. The molecule has 0 fully saturated rings. The molecule has 3 aromatic rings. The van der Waals surface area contributed by atoms with E-state index in [1.165, 1.54) is 11.3 Å². The van der Waals surface area contributed by atoms with Crippen LogP contribution in [0.25, 0.3) is 16.9 Å². The number of carboxylic acids is 1. The molecule has 0 amide bonds. The number of benzene rings is 1. The molecule has 24 heavy (non-hydrogen) atoms. The van der Waals surface area contributed by atoms with Crippen LogP contribution in [0, 0.1) is 0 Å². The van der Waals surface area contributed by atoms with E-state index in [0.717, 1.165) is 22.6 Å². The Labute approximate surface area is 156 Å². The topological polar surface area (TPSA) is 55.1 Å². The number of hydrogen-bond donors (Lipinski definition) is 1. The molecule has 1 aromatic carbocycles. The number of aromatic nitrogens is 2. The van der Waals surface area contributed by atoms with E-state index in [1.54, 1.807) is 22.9 Å². The fraction of sp³-hybridized carbons (Fsp3) is 0.125. The number of hydrogen-bond acceptors (Lipinski definition) is 3. The largest absolute Gasteiger partial charge is 0.476 e. The van der Waals surface area contributed by atoms with Gasteiger partial charge in [-0.1, -0.05) is 34.8 Å². The van der Waals surface area contributed by atoms with Gasteiger partial charge in [-0.25, -0.2) is 9.48 Å². The van der Waals surface area contributed by atoms with Crippen molar-refractivity contribution in [2.75, 3.05) is 0 Å². The van der Waals surface area contributed by atoms with Gasteiger partial charge in [0.25, 0.3) is 0 Å². The van der Waals surface area contributed by atoms with Crippen molar-refractivity contribution in [3.8, 4) is 16.9 Å². The van der Waals surface area contributed by atoms with Gasteiger partial charge in [-0.05, 0) is 37.1 Å². The highest BCUT2D eigenvalue weighted by Gasteiger charge is 2.30. The van der Waals surface area contributed by atoms with Crippen molar-refractivity contribution in [3.05, 3.63) is 54.8 Å². The number of nitrogens with zero attached hydrogens (tertiary/aromatic N) is 2. The van der Waals surface area contributed by atoms with E-state index in [-0.39, 0.29) is 5.69 Å². The van der Waals surface area contributed by atoms with Gasteiger partial charge in [0.15, 0.2) is 5.69 Å². The van der Waals surface area contributed by atoms with Crippen LogP contribution in [-0.2, 0) is 12.8 Å². The van der Waals surface area contributed by atoms with E-state index < -0.39 is 5.97 Å². The SMILES string of the molecule is O=C(O)c1nn(-c2ccc(Cl)cc2Cl)c2c1CCc1sc(Cl)cc1-2. The molecule has 1 aliphatic rings. The van der Waals surface area contributed by atoms with Gasteiger partial charge in [0.05, 0.1) is 20.7 Å². The van der Waals surface area contributed by atoms with Crippen molar-refractivity contribution in [1.82, 2.24) is 9.78 Å².